The largest absolute Gasteiger partial charge is 0.456 e. The molecule has 3 heterocycles. The Hall–Kier alpha value is -2.14. The van der Waals surface area contributed by atoms with E-state index in [0.717, 1.165) is 38.5 Å². The zero-order chi connectivity index (χ0) is 24.8. The van der Waals surface area contributed by atoms with Gasteiger partial charge >= 0.3 is 11.9 Å². The number of allylic oxidation sites excluding steroid dienone is 4. The van der Waals surface area contributed by atoms with Crippen molar-refractivity contribution in [2.75, 3.05) is 6.61 Å². The standard InChI is InChI=1S/C30H38O5/c1-18-10-15-30(35-26(18)32)19(2)22-12-13-28(5)24-8-7-23-20(6-9-25(31)34-27(23,3)4)16-21(24)11-14-29(22,28)17-33-30/h6,9-10,16,19,22-23H,7-8,11-15,17H2,1-5H3. The summed E-state index contributed by atoms with van der Waals surface area (Å²) in [6.45, 7) is 11.3. The van der Waals surface area contributed by atoms with Crippen LogP contribution >= 0.6 is 0 Å². The maximum absolute atomic E-state index is 12.5. The van der Waals surface area contributed by atoms with Crippen LogP contribution < -0.4 is 0 Å². The first kappa shape index (κ1) is 23.3. The number of rotatable bonds is 0. The molecule has 6 unspecified atom stereocenters. The third-order valence-electron chi connectivity index (χ3n) is 10.9. The summed E-state index contributed by atoms with van der Waals surface area (Å²) in [4.78, 5) is 24.6. The molecule has 2 spiro atoms. The Morgan fingerprint density at radius 1 is 1.00 bits per heavy atom. The quantitative estimate of drug-likeness (QED) is 0.402. The first-order chi connectivity index (χ1) is 16.5. The zero-order valence-electron chi connectivity index (χ0n) is 21.7. The molecule has 188 valence electrons. The Morgan fingerprint density at radius 3 is 2.57 bits per heavy atom. The lowest BCUT2D eigenvalue weighted by molar-refractivity contribution is -0.312. The van der Waals surface area contributed by atoms with Crippen molar-refractivity contribution in [3.05, 3.63) is 46.6 Å². The van der Waals surface area contributed by atoms with Gasteiger partial charge in [-0.05, 0) is 81.8 Å². The average molecular weight is 479 g/mol. The molecule has 3 aliphatic carbocycles. The summed E-state index contributed by atoms with van der Waals surface area (Å²) in [5.74, 6) is -0.488. The van der Waals surface area contributed by atoms with Crippen molar-refractivity contribution < 1.29 is 23.8 Å². The van der Waals surface area contributed by atoms with E-state index in [2.05, 4.69) is 19.9 Å². The molecule has 6 aliphatic rings. The number of cyclic esters (lactones) is 1. The summed E-state index contributed by atoms with van der Waals surface area (Å²) in [5, 5.41) is 0. The van der Waals surface area contributed by atoms with Crippen molar-refractivity contribution >= 4 is 11.9 Å². The van der Waals surface area contributed by atoms with E-state index in [4.69, 9.17) is 14.2 Å². The molecule has 0 N–H and O–H groups in total. The number of fused-ring (bicyclic) bond motifs is 2. The van der Waals surface area contributed by atoms with E-state index in [9.17, 15) is 9.59 Å². The smallest absolute Gasteiger partial charge is 0.335 e. The van der Waals surface area contributed by atoms with Crippen LogP contribution in [0.25, 0.3) is 0 Å². The SMILES string of the molecule is CC1=CCC2(OCC34CCC5=C(CCC6C(=C5)C=CC(=O)OC6(C)C)C3(C)CCC4C2C)OC1=O. The van der Waals surface area contributed by atoms with Crippen molar-refractivity contribution in [2.24, 2.45) is 28.6 Å². The van der Waals surface area contributed by atoms with E-state index in [1.54, 1.807) is 11.6 Å². The normalized spacial score (nSPS) is 44.1. The van der Waals surface area contributed by atoms with E-state index >= 15 is 0 Å². The van der Waals surface area contributed by atoms with E-state index in [1.165, 1.54) is 11.1 Å². The van der Waals surface area contributed by atoms with Gasteiger partial charge in [0, 0.05) is 35.3 Å². The summed E-state index contributed by atoms with van der Waals surface area (Å²) >= 11 is 0. The Balaban J connectivity index is 1.36. The van der Waals surface area contributed by atoms with Crippen LogP contribution in [-0.2, 0) is 23.8 Å². The van der Waals surface area contributed by atoms with E-state index in [-0.39, 0.29) is 34.6 Å². The molecule has 0 aromatic heterocycles. The van der Waals surface area contributed by atoms with E-state index in [1.807, 2.05) is 32.9 Å². The fourth-order valence-corrected chi connectivity index (χ4v) is 8.73. The predicted molar refractivity (Wildman–Crippen MR) is 132 cm³/mol. The molecule has 5 nitrogen and oxygen atoms in total. The Morgan fingerprint density at radius 2 is 1.80 bits per heavy atom. The molecule has 2 fully saturated rings. The molecule has 0 bridgehead atoms. The van der Waals surface area contributed by atoms with Crippen LogP contribution in [0.4, 0.5) is 0 Å². The lowest BCUT2D eigenvalue weighted by Crippen LogP contribution is -2.61. The van der Waals surface area contributed by atoms with Crippen LogP contribution in [0, 0.1) is 28.6 Å². The number of hydrogen-bond donors (Lipinski definition) is 0. The maximum Gasteiger partial charge on any atom is 0.335 e. The highest BCUT2D eigenvalue weighted by Gasteiger charge is 2.68. The van der Waals surface area contributed by atoms with Crippen LogP contribution in [0.1, 0.15) is 79.6 Å². The van der Waals surface area contributed by atoms with Gasteiger partial charge in [0.15, 0.2) is 0 Å². The van der Waals surface area contributed by atoms with Gasteiger partial charge in [-0.25, -0.2) is 9.59 Å². The van der Waals surface area contributed by atoms with Crippen molar-refractivity contribution in [2.45, 2.75) is 91.0 Å². The van der Waals surface area contributed by atoms with E-state index in [0.29, 0.717) is 24.5 Å². The molecule has 35 heavy (non-hydrogen) atoms. The van der Waals surface area contributed by atoms with Crippen molar-refractivity contribution in [1.29, 1.82) is 0 Å². The second kappa shape index (κ2) is 7.44. The number of hydrogen-bond acceptors (Lipinski definition) is 5. The zero-order valence-corrected chi connectivity index (χ0v) is 21.7. The summed E-state index contributed by atoms with van der Waals surface area (Å²) < 4.78 is 18.5. The highest BCUT2D eigenvalue weighted by molar-refractivity contribution is 5.88. The lowest BCUT2D eigenvalue weighted by atomic mass is 9.51. The van der Waals surface area contributed by atoms with Crippen molar-refractivity contribution in [3.8, 4) is 0 Å². The number of esters is 2. The minimum Gasteiger partial charge on any atom is -0.456 e. The van der Waals surface area contributed by atoms with Gasteiger partial charge in [0.1, 0.15) is 5.60 Å². The van der Waals surface area contributed by atoms with Crippen LogP contribution in [-0.4, -0.2) is 29.9 Å². The monoisotopic (exact) mass is 478 g/mol. The number of ether oxygens (including phenoxy) is 3. The highest BCUT2D eigenvalue weighted by Crippen LogP contribution is 2.71. The van der Waals surface area contributed by atoms with Gasteiger partial charge < -0.3 is 14.2 Å². The molecule has 0 amide bonds. The van der Waals surface area contributed by atoms with Gasteiger partial charge in [-0.15, -0.1) is 0 Å². The van der Waals surface area contributed by atoms with E-state index < -0.39 is 11.4 Å². The minimum atomic E-state index is -0.816. The number of carbonyl (C=O) groups is 2. The van der Waals surface area contributed by atoms with Crippen LogP contribution in [0.2, 0.25) is 0 Å². The second-order valence-electron chi connectivity index (χ2n) is 12.6. The van der Waals surface area contributed by atoms with Gasteiger partial charge in [0.2, 0.25) is 5.79 Å². The third kappa shape index (κ3) is 3.09. The molecule has 0 radical (unpaired) electrons. The fourth-order valence-electron chi connectivity index (χ4n) is 8.73. The molecular formula is C30H38O5. The first-order valence-corrected chi connectivity index (χ1v) is 13.4. The first-order valence-electron chi connectivity index (χ1n) is 13.4. The van der Waals surface area contributed by atoms with Crippen LogP contribution in [0.5, 0.6) is 0 Å². The van der Waals surface area contributed by atoms with Gasteiger partial charge in [-0.3, -0.25) is 0 Å². The van der Waals surface area contributed by atoms with Gasteiger partial charge in [-0.1, -0.05) is 37.6 Å². The Kier molecular flexibility index (Phi) is 4.95. The third-order valence-corrected chi connectivity index (χ3v) is 10.9. The summed E-state index contributed by atoms with van der Waals surface area (Å²) in [5.41, 5.74) is 4.57. The molecular weight excluding hydrogens is 440 g/mol. The summed E-state index contributed by atoms with van der Waals surface area (Å²) in [7, 11) is 0. The molecule has 5 heteroatoms. The molecule has 6 atom stereocenters. The minimum absolute atomic E-state index is 0.0662. The Labute approximate surface area is 208 Å². The predicted octanol–water partition coefficient (Wildman–Crippen LogP) is 5.96. The van der Waals surface area contributed by atoms with Crippen LogP contribution in [0.3, 0.4) is 0 Å². The van der Waals surface area contributed by atoms with Gasteiger partial charge in [0.05, 0.1) is 6.61 Å². The summed E-state index contributed by atoms with van der Waals surface area (Å²) in [6, 6.07) is 0. The molecule has 6 rings (SSSR count). The summed E-state index contributed by atoms with van der Waals surface area (Å²) in [6.07, 6.45) is 15.0. The molecule has 0 aromatic carbocycles. The van der Waals surface area contributed by atoms with Crippen molar-refractivity contribution in [3.63, 3.8) is 0 Å². The van der Waals surface area contributed by atoms with Crippen LogP contribution in [0.15, 0.2) is 46.6 Å². The number of carbonyl (C=O) groups excluding carboxylic acids is 2. The second-order valence-corrected chi connectivity index (χ2v) is 12.6. The van der Waals surface area contributed by atoms with Gasteiger partial charge in [0.25, 0.3) is 0 Å². The molecule has 1 saturated heterocycles. The Bertz CT molecular complexity index is 1120. The maximum atomic E-state index is 12.5. The fraction of sp³-hybridized carbons (Fsp3) is 0.667. The highest BCUT2D eigenvalue weighted by atomic mass is 16.7. The average Bonchev–Trinajstić information content (AvgIpc) is 2.91. The lowest BCUT2D eigenvalue weighted by Gasteiger charge is -2.59. The van der Waals surface area contributed by atoms with Gasteiger partial charge in [-0.2, -0.15) is 0 Å². The molecule has 3 aliphatic heterocycles. The van der Waals surface area contributed by atoms with Crippen molar-refractivity contribution in [1.82, 2.24) is 0 Å². The molecule has 0 aromatic rings. The molecule has 1 saturated carbocycles. The topological polar surface area (TPSA) is 61.8 Å².